The van der Waals surface area contributed by atoms with Gasteiger partial charge < -0.3 is 15.4 Å². The lowest BCUT2D eigenvalue weighted by Gasteiger charge is -2.35. The van der Waals surface area contributed by atoms with Crippen molar-refractivity contribution in [1.29, 1.82) is 0 Å². The molecule has 0 bridgehead atoms. The fourth-order valence-corrected chi connectivity index (χ4v) is 2.48. The number of esters is 1. The summed E-state index contributed by atoms with van der Waals surface area (Å²) in [6, 6.07) is 9.14. The van der Waals surface area contributed by atoms with Crippen molar-refractivity contribution in [3.05, 3.63) is 64.9 Å². The Morgan fingerprint density at radius 3 is 2.21 bits per heavy atom. The average Bonchev–Trinajstić information content (AvgIpc) is 2.62. The molecular formula is C18H15ClF4N2O3. The number of anilines is 1. The Morgan fingerprint density at radius 1 is 1.07 bits per heavy atom. The number of amides is 1. The van der Waals surface area contributed by atoms with Gasteiger partial charge in [0.15, 0.2) is 0 Å². The monoisotopic (exact) mass is 418 g/mol. The van der Waals surface area contributed by atoms with Crippen molar-refractivity contribution in [3.8, 4) is 0 Å². The highest BCUT2D eigenvalue weighted by molar-refractivity contribution is 6.33. The van der Waals surface area contributed by atoms with Gasteiger partial charge in [0.05, 0.1) is 17.2 Å². The van der Waals surface area contributed by atoms with Crippen LogP contribution in [0.5, 0.6) is 0 Å². The Balaban J connectivity index is 2.52. The van der Waals surface area contributed by atoms with E-state index in [2.05, 4.69) is 4.74 Å². The third kappa shape index (κ3) is 4.53. The van der Waals surface area contributed by atoms with Crippen LogP contribution < -0.4 is 10.6 Å². The van der Waals surface area contributed by atoms with Gasteiger partial charge in [-0.2, -0.15) is 13.2 Å². The van der Waals surface area contributed by atoms with E-state index in [1.807, 2.05) is 5.32 Å². The minimum Gasteiger partial charge on any atom is -0.463 e. The molecule has 1 amide bonds. The molecule has 0 saturated heterocycles. The van der Waals surface area contributed by atoms with E-state index in [0.29, 0.717) is 0 Å². The number of benzene rings is 2. The van der Waals surface area contributed by atoms with E-state index >= 15 is 0 Å². The predicted octanol–water partition coefficient (Wildman–Crippen LogP) is 4.14. The second-order valence-electron chi connectivity index (χ2n) is 5.53. The summed E-state index contributed by atoms with van der Waals surface area (Å²) in [4.78, 5) is 24.8. The van der Waals surface area contributed by atoms with Crippen LogP contribution in [0.25, 0.3) is 0 Å². The van der Waals surface area contributed by atoms with Gasteiger partial charge in [0.25, 0.3) is 5.91 Å². The van der Waals surface area contributed by atoms with Gasteiger partial charge in [-0.1, -0.05) is 23.7 Å². The molecule has 0 aromatic heterocycles. The summed E-state index contributed by atoms with van der Waals surface area (Å²) < 4.78 is 59.7. The molecule has 0 unspecified atom stereocenters. The molecule has 2 rings (SSSR count). The van der Waals surface area contributed by atoms with Gasteiger partial charge in [-0.3, -0.25) is 4.79 Å². The first-order chi connectivity index (χ1) is 13.1. The molecule has 0 saturated carbocycles. The number of hydrogen-bond donors (Lipinski definition) is 2. The van der Waals surface area contributed by atoms with Crippen LogP contribution >= 0.6 is 11.6 Å². The maximum Gasteiger partial charge on any atom is 0.441 e. The number of ether oxygens (including phenoxy) is 1. The molecule has 0 heterocycles. The van der Waals surface area contributed by atoms with Crippen molar-refractivity contribution in [1.82, 2.24) is 5.32 Å². The highest BCUT2D eigenvalue weighted by Gasteiger charge is 2.63. The summed E-state index contributed by atoms with van der Waals surface area (Å²) >= 11 is 5.86. The predicted molar refractivity (Wildman–Crippen MR) is 94.4 cm³/mol. The molecule has 150 valence electrons. The van der Waals surface area contributed by atoms with Crippen molar-refractivity contribution >= 4 is 29.2 Å². The van der Waals surface area contributed by atoms with E-state index in [0.717, 1.165) is 24.3 Å². The van der Waals surface area contributed by atoms with Crippen LogP contribution in [0, 0.1) is 5.82 Å². The molecule has 0 spiro atoms. The SMILES string of the molecule is CCOC(=O)[C@](NC(=O)c1ccccc1Cl)(Nc1ccc(F)cc1)C(F)(F)F. The van der Waals surface area contributed by atoms with Crippen LogP contribution in [0.4, 0.5) is 23.2 Å². The Hall–Kier alpha value is -2.81. The Bertz CT molecular complexity index is 859. The van der Waals surface area contributed by atoms with E-state index in [1.165, 1.54) is 31.2 Å². The summed E-state index contributed by atoms with van der Waals surface area (Å²) in [5.41, 5.74) is -4.17. The second-order valence-corrected chi connectivity index (χ2v) is 5.94. The molecule has 2 aromatic carbocycles. The van der Waals surface area contributed by atoms with E-state index in [9.17, 15) is 27.2 Å². The first-order valence-corrected chi connectivity index (χ1v) is 8.33. The third-order valence-electron chi connectivity index (χ3n) is 3.60. The number of carbonyl (C=O) groups is 2. The van der Waals surface area contributed by atoms with Gasteiger partial charge in [0.2, 0.25) is 0 Å². The van der Waals surface area contributed by atoms with Gasteiger partial charge in [0, 0.05) is 5.69 Å². The van der Waals surface area contributed by atoms with Crippen LogP contribution in [0.1, 0.15) is 17.3 Å². The van der Waals surface area contributed by atoms with Gasteiger partial charge in [-0.05, 0) is 43.3 Å². The first-order valence-electron chi connectivity index (χ1n) is 7.95. The fraction of sp³-hybridized carbons (Fsp3) is 0.222. The minimum absolute atomic E-state index is 0.110. The normalized spacial score (nSPS) is 13.4. The van der Waals surface area contributed by atoms with Crippen molar-refractivity contribution < 1.29 is 31.9 Å². The number of alkyl halides is 3. The maximum absolute atomic E-state index is 14.0. The number of hydrogen-bond acceptors (Lipinski definition) is 4. The van der Waals surface area contributed by atoms with Gasteiger partial charge in [-0.25, -0.2) is 9.18 Å². The molecule has 0 fully saturated rings. The zero-order valence-corrected chi connectivity index (χ0v) is 15.2. The Morgan fingerprint density at radius 2 is 1.68 bits per heavy atom. The molecule has 1 atom stereocenters. The number of halogens is 5. The molecule has 10 heteroatoms. The molecule has 0 radical (unpaired) electrons. The molecule has 0 aliphatic carbocycles. The van der Waals surface area contributed by atoms with E-state index in [1.54, 1.807) is 5.32 Å². The van der Waals surface area contributed by atoms with Crippen molar-refractivity contribution in [2.24, 2.45) is 0 Å². The Labute approximate surface area is 162 Å². The van der Waals surface area contributed by atoms with Crippen LogP contribution in [0.2, 0.25) is 5.02 Å². The third-order valence-corrected chi connectivity index (χ3v) is 3.93. The molecule has 28 heavy (non-hydrogen) atoms. The topological polar surface area (TPSA) is 67.4 Å². The van der Waals surface area contributed by atoms with Crippen LogP contribution in [0.15, 0.2) is 48.5 Å². The summed E-state index contributed by atoms with van der Waals surface area (Å²) in [5.74, 6) is -3.74. The smallest absolute Gasteiger partial charge is 0.441 e. The largest absolute Gasteiger partial charge is 0.463 e. The van der Waals surface area contributed by atoms with E-state index in [4.69, 9.17) is 11.6 Å². The lowest BCUT2D eigenvalue weighted by molar-refractivity contribution is -0.204. The molecule has 2 N–H and O–H groups in total. The van der Waals surface area contributed by atoms with Crippen LogP contribution in [0.3, 0.4) is 0 Å². The lowest BCUT2D eigenvalue weighted by Crippen LogP contribution is -2.69. The molecule has 2 aromatic rings. The number of carbonyl (C=O) groups excluding carboxylic acids is 2. The quantitative estimate of drug-likeness (QED) is 0.420. The Kier molecular flexibility index (Phi) is 6.50. The van der Waals surface area contributed by atoms with Crippen molar-refractivity contribution in [3.63, 3.8) is 0 Å². The van der Waals surface area contributed by atoms with E-state index < -0.39 is 29.5 Å². The second kappa shape index (κ2) is 8.47. The van der Waals surface area contributed by atoms with Crippen molar-refractivity contribution in [2.75, 3.05) is 11.9 Å². The van der Waals surface area contributed by atoms with Gasteiger partial charge in [0.1, 0.15) is 5.82 Å². The van der Waals surface area contributed by atoms with Crippen LogP contribution in [-0.2, 0) is 9.53 Å². The highest BCUT2D eigenvalue weighted by atomic mass is 35.5. The number of rotatable bonds is 6. The zero-order valence-electron chi connectivity index (χ0n) is 14.4. The summed E-state index contributed by atoms with van der Waals surface area (Å²) in [6.45, 7) is 0.941. The molecule has 0 aliphatic rings. The zero-order chi connectivity index (χ0) is 20.9. The average molecular weight is 419 g/mol. The van der Waals surface area contributed by atoms with E-state index in [-0.39, 0.29) is 22.9 Å². The van der Waals surface area contributed by atoms with Crippen molar-refractivity contribution in [2.45, 2.75) is 18.8 Å². The fourth-order valence-electron chi connectivity index (χ4n) is 2.26. The maximum atomic E-state index is 14.0. The number of nitrogens with one attached hydrogen (secondary N) is 2. The molecule has 5 nitrogen and oxygen atoms in total. The summed E-state index contributed by atoms with van der Waals surface area (Å²) in [7, 11) is 0. The van der Waals surface area contributed by atoms with Gasteiger partial charge >= 0.3 is 17.8 Å². The highest BCUT2D eigenvalue weighted by Crippen LogP contribution is 2.34. The molecule has 0 aliphatic heterocycles. The molecular weight excluding hydrogens is 404 g/mol. The van der Waals surface area contributed by atoms with Crippen LogP contribution in [-0.4, -0.2) is 30.3 Å². The lowest BCUT2D eigenvalue weighted by atomic mass is 10.1. The standard InChI is InChI=1S/C18H15ClF4N2O3/c1-2-28-16(27)17(18(21,22)23,24-12-9-7-11(20)8-10-12)25-15(26)13-5-3-4-6-14(13)19/h3-10,24H,2H2,1H3,(H,25,26)/t17-/m1/s1. The summed E-state index contributed by atoms with van der Waals surface area (Å²) in [5, 5.41) is 3.46. The minimum atomic E-state index is -5.31. The first kappa shape index (κ1) is 21.5. The van der Waals surface area contributed by atoms with Gasteiger partial charge in [-0.15, -0.1) is 0 Å². The summed E-state index contributed by atoms with van der Waals surface area (Å²) in [6.07, 6.45) is -5.31.